The van der Waals surface area contributed by atoms with Crippen LogP contribution in [0.1, 0.15) is 0 Å². The van der Waals surface area contributed by atoms with Gasteiger partial charge in [0, 0.05) is 18.6 Å². The third-order valence-electron chi connectivity index (χ3n) is 4.30. The van der Waals surface area contributed by atoms with E-state index in [9.17, 15) is 27.2 Å². The van der Waals surface area contributed by atoms with E-state index in [2.05, 4.69) is 19.8 Å². The molecule has 0 saturated carbocycles. The normalized spacial score (nSPS) is 19.0. The van der Waals surface area contributed by atoms with Crippen LogP contribution in [0.15, 0.2) is 34.2 Å². The summed E-state index contributed by atoms with van der Waals surface area (Å²) < 4.78 is 58.5. The molecule has 1 atom stereocenters. The predicted octanol–water partition coefficient (Wildman–Crippen LogP) is 0.836. The zero-order chi connectivity index (χ0) is 20.1. The topological polar surface area (TPSA) is 108 Å². The fraction of sp³-hybridized carbons (Fsp3) is 0.333. The van der Waals surface area contributed by atoms with E-state index >= 15 is 0 Å². The van der Waals surface area contributed by atoms with Gasteiger partial charge in [-0.3, -0.25) is 9.78 Å². The smallest absolute Gasteiger partial charge is 0.345 e. The Hall–Kier alpha value is -3.22. The number of rotatable bonds is 4. The van der Waals surface area contributed by atoms with E-state index in [4.69, 9.17) is 0 Å². The van der Waals surface area contributed by atoms with Crippen LogP contribution in [0.2, 0.25) is 0 Å². The van der Waals surface area contributed by atoms with Crippen molar-refractivity contribution in [3.63, 3.8) is 0 Å². The number of aromatic amines is 2. The number of nitrogens with zero attached hydrogens (tertiary/aromatic N) is 4. The lowest BCUT2D eigenvalue weighted by Gasteiger charge is -2.19. The highest BCUT2D eigenvalue weighted by molar-refractivity contribution is 5.74. The van der Waals surface area contributed by atoms with Gasteiger partial charge in [0.1, 0.15) is 11.8 Å². The third-order valence-corrected chi connectivity index (χ3v) is 4.30. The van der Waals surface area contributed by atoms with Crippen molar-refractivity contribution in [2.75, 3.05) is 18.0 Å². The van der Waals surface area contributed by atoms with Gasteiger partial charge in [-0.2, -0.15) is 13.9 Å². The molecule has 13 heteroatoms. The average molecular weight is 400 g/mol. The second kappa shape index (κ2) is 6.44. The van der Waals surface area contributed by atoms with Crippen LogP contribution in [-0.4, -0.2) is 56.3 Å². The number of imidazole rings is 1. The predicted molar refractivity (Wildman–Crippen MR) is 87.7 cm³/mol. The highest BCUT2D eigenvalue weighted by atomic mass is 19.3. The summed E-state index contributed by atoms with van der Waals surface area (Å²) in [6.45, 7) is -4.72. The summed E-state index contributed by atoms with van der Waals surface area (Å²) in [5, 5.41) is 4.18. The number of aromatic nitrogens is 5. The number of nitrogens with one attached hydrogen (secondary N) is 2. The Morgan fingerprint density at radius 2 is 2.11 bits per heavy atom. The molecule has 0 aliphatic carbocycles. The summed E-state index contributed by atoms with van der Waals surface area (Å²) in [5.41, 5.74) is -1.04. The molecule has 4 rings (SSSR count). The Morgan fingerprint density at radius 3 is 2.82 bits per heavy atom. The molecule has 1 fully saturated rings. The van der Waals surface area contributed by atoms with Gasteiger partial charge in [-0.1, -0.05) is 0 Å². The number of ether oxygens (including phenoxy) is 1. The van der Waals surface area contributed by atoms with E-state index in [-0.39, 0.29) is 22.6 Å². The van der Waals surface area contributed by atoms with Gasteiger partial charge >= 0.3 is 12.3 Å². The molecule has 2 N–H and O–H groups in total. The molecular weight excluding hydrogens is 388 g/mol. The van der Waals surface area contributed by atoms with Crippen LogP contribution in [-0.2, 0) is 4.74 Å². The lowest BCUT2D eigenvalue weighted by molar-refractivity contribution is -0.210. The summed E-state index contributed by atoms with van der Waals surface area (Å²) in [6.07, 6.45) is 1.94. The Balaban J connectivity index is 1.80. The maximum Gasteiger partial charge on any atom is 0.345 e. The Bertz CT molecular complexity index is 1140. The van der Waals surface area contributed by atoms with Crippen LogP contribution < -0.4 is 16.1 Å². The van der Waals surface area contributed by atoms with Crippen LogP contribution in [0.5, 0.6) is 0 Å². The van der Waals surface area contributed by atoms with Crippen molar-refractivity contribution in [3.8, 4) is 11.3 Å². The van der Waals surface area contributed by atoms with Crippen LogP contribution in [0, 0.1) is 0 Å². The van der Waals surface area contributed by atoms with Crippen molar-refractivity contribution in [2.24, 2.45) is 0 Å². The largest absolute Gasteiger partial charge is 0.359 e. The quantitative estimate of drug-likeness (QED) is 0.629. The summed E-state index contributed by atoms with van der Waals surface area (Å²) in [6, 6.07) is 1.33. The Labute approximate surface area is 152 Å². The molecule has 1 unspecified atom stereocenters. The van der Waals surface area contributed by atoms with E-state index in [1.165, 1.54) is 23.0 Å². The Morgan fingerprint density at radius 1 is 1.32 bits per heavy atom. The number of hydrogen-bond donors (Lipinski definition) is 2. The van der Waals surface area contributed by atoms with Gasteiger partial charge in [-0.25, -0.2) is 23.1 Å². The molecule has 0 amide bonds. The van der Waals surface area contributed by atoms with Gasteiger partial charge in [-0.05, 0) is 6.07 Å². The van der Waals surface area contributed by atoms with E-state index in [0.29, 0.717) is 0 Å². The second-order valence-electron chi connectivity index (χ2n) is 6.12. The minimum Gasteiger partial charge on any atom is -0.359 e. The van der Waals surface area contributed by atoms with E-state index in [1.807, 2.05) is 4.98 Å². The molecule has 1 aliphatic heterocycles. The van der Waals surface area contributed by atoms with Crippen molar-refractivity contribution in [1.29, 1.82) is 0 Å². The molecule has 0 spiro atoms. The van der Waals surface area contributed by atoms with Gasteiger partial charge in [-0.15, -0.1) is 0 Å². The summed E-state index contributed by atoms with van der Waals surface area (Å²) in [4.78, 5) is 32.8. The second-order valence-corrected chi connectivity index (χ2v) is 6.12. The zero-order valence-electron chi connectivity index (χ0n) is 13.9. The molecule has 3 aromatic rings. The highest BCUT2D eigenvalue weighted by Gasteiger charge is 2.50. The third kappa shape index (κ3) is 3.13. The lowest BCUT2D eigenvalue weighted by Crippen LogP contribution is -2.35. The monoisotopic (exact) mass is 400 g/mol. The number of hydrogen-bond acceptors (Lipinski definition) is 6. The van der Waals surface area contributed by atoms with Crippen LogP contribution in [0.4, 0.5) is 23.2 Å². The zero-order valence-corrected chi connectivity index (χ0v) is 13.9. The minimum atomic E-state index is -3.51. The van der Waals surface area contributed by atoms with Crippen molar-refractivity contribution in [2.45, 2.75) is 18.6 Å². The number of anilines is 1. The number of halogens is 4. The molecule has 3 aromatic heterocycles. The maximum absolute atomic E-state index is 14.1. The lowest BCUT2D eigenvalue weighted by atomic mass is 10.2. The van der Waals surface area contributed by atoms with Gasteiger partial charge in [0.25, 0.3) is 11.5 Å². The maximum atomic E-state index is 14.1. The average Bonchev–Trinajstić information content (AvgIpc) is 3.18. The first-order chi connectivity index (χ1) is 13.2. The molecular formula is C15H12F4N6O3. The molecule has 1 saturated heterocycles. The number of H-pyrrole nitrogens is 2. The summed E-state index contributed by atoms with van der Waals surface area (Å²) in [5.74, 6) is -3.51. The highest BCUT2D eigenvalue weighted by Crippen LogP contribution is 2.36. The fourth-order valence-electron chi connectivity index (χ4n) is 3.07. The van der Waals surface area contributed by atoms with Crippen LogP contribution in [0.3, 0.4) is 0 Å². The first-order valence-electron chi connectivity index (χ1n) is 7.98. The molecule has 0 bridgehead atoms. The van der Waals surface area contributed by atoms with Crippen molar-refractivity contribution < 1.29 is 22.3 Å². The number of alkyl halides is 4. The molecule has 1 aliphatic rings. The molecule has 4 heterocycles. The molecule has 28 heavy (non-hydrogen) atoms. The summed E-state index contributed by atoms with van der Waals surface area (Å²) >= 11 is 0. The standard InChI is InChI=1S/C15H12F4N6O3/c16-13(17)28-10-5-24(6-15(10,18)19)9-3-8(23-25-2-1-20-11(9)25)7-4-21-14(27)22-12(7)26/h1-4,10,13H,5-6H2,(H2,21,22,26,27). The molecule has 148 valence electrons. The van der Waals surface area contributed by atoms with E-state index in [0.717, 1.165) is 11.1 Å². The van der Waals surface area contributed by atoms with Crippen molar-refractivity contribution >= 4 is 11.3 Å². The Kier molecular flexibility index (Phi) is 4.18. The molecule has 9 nitrogen and oxygen atoms in total. The first-order valence-corrected chi connectivity index (χ1v) is 7.98. The van der Waals surface area contributed by atoms with Crippen LogP contribution >= 0.6 is 0 Å². The molecule has 0 radical (unpaired) electrons. The number of fused-ring (bicyclic) bond motifs is 1. The van der Waals surface area contributed by atoms with Gasteiger partial charge in [0.15, 0.2) is 5.65 Å². The van der Waals surface area contributed by atoms with Gasteiger partial charge in [0.2, 0.25) is 0 Å². The van der Waals surface area contributed by atoms with Gasteiger partial charge in [0.05, 0.1) is 24.3 Å². The molecule has 0 aromatic carbocycles. The summed E-state index contributed by atoms with van der Waals surface area (Å²) in [7, 11) is 0. The minimum absolute atomic E-state index is 0.0113. The van der Waals surface area contributed by atoms with Crippen LogP contribution in [0.25, 0.3) is 16.9 Å². The van der Waals surface area contributed by atoms with Crippen molar-refractivity contribution in [1.82, 2.24) is 24.6 Å². The van der Waals surface area contributed by atoms with Crippen molar-refractivity contribution in [3.05, 3.63) is 45.5 Å². The van der Waals surface area contributed by atoms with Gasteiger partial charge < -0.3 is 14.6 Å². The first kappa shape index (κ1) is 18.2. The fourth-order valence-corrected chi connectivity index (χ4v) is 3.07. The SMILES string of the molecule is O=c1[nH]cc(-c2cc(N3CC(OC(F)F)C(F)(F)C3)c3nccn3n2)c(=O)[nH]1. The van der Waals surface area contributed by atoms with E-state index in [1.54, 1.807) is 0 Å². The van der Waals surface area contributed by atoms with E-state index < -0.39 is 43.0 Å².